The van der Waals surface area contributed by atoms with Crippen LogP contribution in [0.15, 0.2) is 30.5 Å². The molecule has 4 rings (SSSR count). The monoisotopic (exact) mass is 284 g/mol. The minimum absolute atomic E-state index is 0.543. The third kappa shape index (κ3) is 2.70. The molecule has 0 saturated carbocycles. The molecule has 0 aliphatic carbocycles. The Morgan fingerprint density at radius 1 is 1.24 bits per heavy atom. The molecule has 0 bridgehead atoms. The van der Waals surface area contributed by atoms with Gasteiger partial charge in [0.2, 0.25) is 0 Å². The fraction of sp³-hybridized carbons (Fsp3) is 0.588. The minimum atomic E-state index is 0.543. The van der Waals surface area contributed by atoms with Crippen LogP contribution in [-0.2, 0) is 0 Å². The quantitative estimate of drug-likeness (QED) is 0.938. The Morgan fingerprint density at radius 2 is 2.19 bits per heavy atom. The van der Waals surface area contributed by atoms with Gasteiger partial charge in [0.15, 0.2) is 0 Å². The van der Waals surface area contributed by atoms with Crippen LogP contribution in [0.1, 0.15) is 25.3 Å². The van der Waals surface area contributed by atoms with Crippen LogP contribution in [0.3, 0.4) is 0 Å². The van der Waals surface area contributed by atoms with Crippen LogP contribution >= 0.6 is 0 Å². The van der Waals surface area contributed by atoms with E-state index in [2.05, 4.69) is 44.3 Å². The number of piperidine rings is 1. The topological polar surface area (TPSA) is 33.1 Å². The highest BCUT2D eigenvalue weighted by atomic mass is 15.3. The standard InChI is InChI=1S/C17H24N4/c1-2-6-17-15(5-1)11-19-21(17)16-7-9-20(13-16)12-14-4-3-8-18-10-14/h1-2,5-6,11,14,16,18H,3-4,7-10,12-13H2. The number of likely N-dealkylation sites (tertiary alicyclic amines) is 1. The van der Waals surface area contributed by atoms with Gasteiger partial charge in [0, 0.05) is 25.0 Å². The first-order valence-corrected chi connectivity index (χ1v) is 8.25. The average molecular weight is 284 g/mol. The maximum absolute atomic E-state index is 4.64. The van der Waals surface area contributed by atoms with E-state index in [1.807, 2.05) is 6.20 Å². The summed E-state index contributed by atoms with van der Waals surface area (Å²) < 4.78 is 2.24. The lowest BCUT2D eigenvalue weighted by molar-refractivity contribution is 0.236. The van der Waals surface area contributed by atoms with Crippen LogP contribution < -0.4 is 5.32 Å². The molecule has 2 aromatic rings. The molecule has 0 amide bonds. The van der Waals surface area contributed by atoms with E-state index in [9.17, 15) is 0 Å². The average Bonchev–Trinajstić information content (AvgIpc) is 3.14. The Kier molecular flexibility index (Phi) is 3.65. The number of nitrogens with zero attached hydrogens (tertiary/aromatic N) is 3. The SMILES string of the molecule is c1ccc2c(c1)cnn2C1CCN(CC2CCCNC2)C1. The van der Waals surface area contributed by atoms with Gasteiger partial charge in [-0.05, 0) is 44.3 Å². The van der Waals surface area contributed by atoms with Crippen LogP contribution in [0.4, 0.5) is 0 Å². The molecule has 21 heavy (non-hydrogen) atoms. The molecule has 112 valence electrons. The number of benzene rings is 1. The zero-order valence-electron chi connectivity index (χ0n) is 12.5. The van der Waals surface area contributed by atoms with Crippen molar-refractivity contribution in [3.8, 4) is 0 Å². The first-order valence-electron chi connectivity index (χ1n) is 8.25. The number of rotatable bonds is 3. The summed E-state index contributed by atoms with van der Waals surface area (Å²) in [6.07, 6.45) is 5.96. The molecule has 1 aromatic carbocycles. The van der Waals surface area contributed by atoms with Crippen LogP contribution in [0.5, 0.6) is 0 Å². The highest BCUT2D eigenvalue weighted by Crippen LogP contribution is 2.26. The molecular weight excluding hydrogens is 260 g/mol. The predicted molar refractivity (Wildman–Crippen MR) is 85.4 cm³/mol. The fourth-order valence-electron chi connectivity index (χ4n) is 3.91. The van der Waals surface area contributed by atoms with E-state index in [1.54, 1.807) is 0 Å². The van der Waals surface area contributed by atoms with Crippen molar-refractivity contribution in [2.24, 2.45) is 5.92 Å². The molecular formula is C17H24N4. The molecule has 4 nitrogen and oxygen atoms in total. The lowest BCUT2D eigenvalue weighted by Crippen LogP contribution is -2.37. The van der Waals surface area contributed by atoms with Crippen molar-refractivity contribution >= 4 is 10.9 Å². The van der Waals surface area contributed by atoms with Crippen molar-refractivity contribution in [2.45, 2.75) is 25.3 Å². The molecule has 1 aromatic heterocycles. The molecule has 4 heteroatoms. The van der Waals surface area contributed by atoms with Gasteiger partial charge < -0.3 is 10.2 Å². The van der Waals surface area contributed by atoms with Gasteiger partial charge in [-0.3, -0.25) is 4.68 Å². The van der Waals surface area contributed by atoms with E-state index in [4.69, 9.17) is 0 Å². The second-order valence-corrected chi connectivity index (χ2v) is 6.56. The number of aromatic nitrogens is 2. The van der Waals surface area contributed by atoms with Gasteiger partial charge in [-0.1, -0.05) is 18.2 Å². The second kappa shape index (κ2) is 5.78. The van der Waals surface area contributed by atoms with E-state index in [0.29, 0.717) is 6.04 Å². The second-order valence-electron chi connectivity index (χ2n) is 6.56. The van der Waals surface area contributed by atoms with E-state index in [-0.39, 0.29) is 0 Å². The summed E-state index contributed by atoms with van der Waals surface area (Å²) in [5.41, 5.74) is 1.28. The van der Waals surface area contributed by atoms with Crippen molar-refractivity contribution in [3.05, 3.63) is 30.5 Å². The Bertz CT molecular complexity index is 600. The highest BCUT2D eigenvalue weighted by molar-refractivity contribution is 5.78. The van der Waals surface area contributed by atoms with Crippen LogP contribution in [0.25, 0.3) is 10.9 Å². The van der Waals surface area contributed by atoms with Gasteiger partial charge in [0.05, 0.1) is 17.8 Å². The summed E-state index contributed by atoms with van der Waals surface area (Å²) >= 11 is 0. The van der Waals surface area contributed by atoms with Gasteiger partial charge in [-0.2, -0.15) is 5.10 Å². The molecule has 2 fully saturated rings. The maximum Gasteiger partial charge on any atom is 0.0686 e. The van der Waals surface area contributed by atoms with Gasteiger partial charge >= 0.3 is 0 Å². The Hall–Kier alpha value is -1.39. The van der Waals surface area contributed by atoms with Crippen molar-refractivity contribution in [2.75, 3.05) is 32.7 Å². The number of para-hydroxylation sites is 1. The molecule has 2 atom stereocenters. The van der Waals surface area contributed by atoms with Crippen LogP contribution in [0, 0.1) is 5.92 Å². The van der Waals surface area contributed by atoms with Gasteiger partial charge in [-0.25, -0.2) is 0 Å². The highest BCUT2D eigenvalue weighted by Gasteiger charge is 2.27. The van der Waals surface area contributed by atoms with E-state index >= 15 is 0 Å². The predicted octanol–water partition coefficient (Wildman–Crippen LogP) is 2.28. The number of nitrogens with one attached hydrogen (secondary N) is 1. The van der Waals surface area contributed by atoms with Gasteiger partial charge in [0.25, 0.3) is 0 Å². The molecule has 2 aliphatic rings. The lowest BCUT2D eigenvalue weighted by atomic mass is 9.99. The van der Waals surface area contributed by atoms with Crippen LogP contribution in [-0.4, -0.2) is 47.4 Å². The zero-order valence-corrected chi connectivity index (χ0v) is 12.5. The third-order valence-corrected chi connectivity index (χ3v) is 5.01. The summed E-state index contributed by atoms with van der Waals surface area (Å²) in [7, 11) is 0. The summed E-state index contributed by atoms with van der Waals surface area (Å²) in [6, 6.07) is 9.09. The molecule has 3 heterocycles. The first kappa shape index (κ1) is 13.3. The normalized spacial score (nSPS) is 27.4. The third-order valence-electron chi connectivity index (χ3n) is 5.01. The summed E-state index contributed by atoms with van der Waals surface area (Å²) in [5, 5.41) is 9.42. The van der Waals surface area contributed by atoms with E-state index < -0.39 is 0 Å². The van der Waals surface area contributed by atoms with Crippen molar-refractivity contribution < 1.29 is 0 Å². The maximum atomic E-state index is 4.64. The smallest absolute Gasteiger partial charge is 0.0686 e. The molecule has 2 unspecified atom stereocenters. The summed E-state index contributed by atoms with van der Waals surface area (Å²) in [5.74, 6) is 0.840. The Balaban J connectivity index is 1.43. The van der Waals surface area contributed by atoms with Crippen molar-refractivity contribution in [3.63, 3.8) is 0 Å². The van der Waals surface area contributed by atoms with E-state index in [1.165, 1.54) is 56.3 Å². The largest absolute Gasteiger partial charge is 0.316 e. The van der Waals surface area contributed by atoms with Crippen LogP contribution in [0.2, 0.25) is 0 Å². The van der Waals surface area contributed by atoms with Crippen molar-refractivity contribution in [1.82, 2.24) is 20.0 Å². The van der Waals surface area contributed by atoms with E-state index in [0.717, 1.165) is 12.5 Å². The zero-order chi connectivity index (χ0) is 14.1. The van der Waals surface area contributed by atoms with Gasteiger partial charge in [-0.15, -0.1) is 0 Å². The molecule has 1 N–H and O–H groups in total. The molecule has 0 spiro atoms. The van der Waals surface area contributed by atoms with Crippen molar-refractivity contribution in [1.29, 1.82) is 0 Å². The van der Waals surface area contributed by atoms with Gasteiger partial charge in [0.1, 0.15) is 0 Å². The Labute approximate surface area is 126 Å². The minimum Gasteiger partial charge on any atom is -0.316 e. The fourth-order valence-corrected chi connectivity index (χ4v) is 3.91. The molecule has 2 aliphatic heterocycles. The summed E-state index contributed by atoms with van der Waals surface area (Å²) in [4.78, 5) is 2.64. The molecule has 2 saturated heterocycles. The summed E-state index contributed by atoms with van der Waals surface area (Å²) in [6.45, 7) is 6.03. The number of hydrogen-bond donors (Lipinski definition) is 1. The lowest BCUT2D eigenvalue weighted by Gasteiger charge is -2.27. The number of fused-ring (bicyclic) bond motifs is 1. The first-order chi connectivity index (χ1) is 10.4. The number of hydrogen-bond acceptors (Lipinski definition) is 3. The molecule has 0 radical (unpaired) electrons. The Morgan fingerprint density at radius 3 is 3.10 bits per heavy atom.